The van der Waals surface area contributed by atoms with Crippen molar-refractivity contribution in [1.82, 2.24) is 0 Å². The minimum Gasteiger partial charge on any atom is -0.288 e. The van der Waals surface area contributed by atoms with Crippen LogP contribution in [0.2, 0.25) is 0 Å². The van der Waals surface area contributed by atoms with E-state index in [0.29, 0.717) is 0 Å². The topological polar surface area (TPSA) is 143 Å². The molecule has 0 saturated heterocycles. The summed E-state index contributed by atoms with van der Waals surface area (Å²) in [5.41, 5.74) is -0.362. The zero-order valence-corrected chi connectivity index (χ0v) is 14.6. The maximum Gasteiger partial charge on any atom is 0.550 e. The second-order valence-corrected chi connectivity index (χ2v) is 6.18. The molecule has 0 amide bonds. The van der Waals surface area contributed by atoms with Crippen molar-refractivity contribution in [3.8, 4) is 12.1 Å². The van der Waals surface area contributed by atoms with Crippen LogP contribution in [0.5, 0.6) is 0 Å². The van der Waals surface area contributed by atoms with Gasteiger partial charge in [-0.1, -0.05) is 34.6 Å². The normalized spacial score (nSPS) is 12.8. The molecule has 0 radical (unpaired) electrons. The van der Waals surface area contributed by atoms with Gasteiger partial charge in [0.2, 0.25) is 0 Å². The van der Waals surface area contributed by atoms with E-state index in [1.54, 1.807) is 12.1 Å². The van der Waals surface area contributed by atoms with E-state index in [-0.39, 0.29) is 34.9 Å². The van der Waals surface area contributed by atoms with Crippen LogP contribution in [0.25, 0.3) is 0 Å². The monoisotopic (exact) mass is 424 g/mol. The molecule has 10 nitrogen and oxygen atoms in total. The van der Waals surface area contributed by atoms with Crippen molar-refractivity contribution in [3.05, 3.63) is 35.4 Å². The number of hydrogen-bond acceptors (Lipinski definition) is 11. The number of oxime groups is 2. The summed E-state index contributed by atoms with van der Waals surface area (Å²) >= 11 is -0.277. The number of hydrogen-bond donors (Lipinski definition) is 0. The summed E-state index contributed by atoms with van der Waals surface area (Å²) in [6, 6.07) is 8.45. The number of benzene rings is 1. The molecule has 0 saturated carbocycles. The Kier molecular flexibility index (Phi) is 8.00. The molecule has 0 bridgehead atoms. The molecule has 0 fully saturated rings. The first kappa shape index (κ1) is 22.2. The summed E-state index contributed by atoms with van der Waals surface area (Å²) in [7, 11) is -3.90. The van der Waals surface area contributed by atoms with E-state index in [0.717, 1.165) is 6.26 Å². The molecule has 15 heteroatoms. The zero-order chi connectivity index (χ0) is 20.5. The second kappa shape index (κ2) is 9.74. The van der Waals surface area contributed by atoms with Gasteiger partial charge in [0.05, 0.1) is 6.26 Å². The van der Waals surface area contributed by atoms with Crippen molar-refractivity contribution in [2.45, 2.75) is 6.36 Å². The first-order valence-electron chi connectivity index (χ1n) is 6.26. The number of halogens is 3. The van der Waals surface area contributed by atoms with Gasteiger partial charge >= 0.3 is 16.5 Å². The fourth-order valence-electron chi connectivity index (χ4n) is 1.28. The lowest BCUT2D eigenvalue weighted by Gasteiger charge is -2.03. The highest BCUT2D eigenvalue weighted by molar-refractivity contribution is 7.89. The molecular formula is C12H7F3N4O6S2. The van der Waals surface area contributed by atoms with Gasteiger partial charge in [0.25, 0.3) is 12.3 Å². The number of nitriles is 2. The van der Waals surface area contributed by atoms with E-state index < -0.39 is 16.5 Å². The van der Waals surface area contributed by atoms with Gasteiger partial charge in [-0.05, 0) is 0 Å². The summed E-state index contributed by atoms with van der Waals surface area (Å²) in [5, 5.41) is 24.4. The predicted octanol–water partition coefficient (Wildman–Crippen LogP) is 2.17. The van der Waals surface area contributed by atoms with Gasteiger partial charge in [0.1, 0.15) is 12.1 Å². The van der Waals surface area contributed by atoms with E-state index in [4.69, 9.17) is 10.5 Å². The summed E-state index contributed by atoms with van der Waals surface area (Å²) in [6.07, 6.45) is -4.29. The lowest BCUT2D eigenvalue weighted by Crippen LogP contribution is -2.11. The van der Waals surface area contributed by atoms with Crippen LogP contribution < -0.4 is 0 Å². The number of nitrogens with zero attached hydrogens (tertiary/aromatic N) is 4. The molecule has 144 valence electrons. The highest BCUT2D eigenvalue weighted by Gasteiger charge is 2.31. The zero-order valence-electron chi connectivity index (χ0n) is 13.0. The fourth-order valence-corrected chi connectivity index (χ4v) is 1.73. The molecule has 1 aromatic carbocycles. The van der Waals surface area contributed by atoms with Crippen molar-refractivity contribution in [2.75, 3.05) is 6.26 Å². The van der Waals surface area contributed by atoms with Crippen molar-refractivity contribution in [3.63, 3.8) is 0 Å². The Morgan fingerprint density at radius 1 is 1.07 bits per heavy atom. The van der Waals surface area contributed by atoms with Crippen LogP contribution in [0.3, 0.4) is 0 Å². The second-order valence-electron chi connectivity index (χ2n) is 4.20. The molecule has 1 rings (SSSR count). The number of alkyl halides is 3. The molecule has 0 aliphatic rings. The van der Waals surface area contributed by atoms with Crippen LogP contribution in [-0.4, -0.2) is 32.5 Å². The summed E-state index contributed by atoms with van der Waals surface area (Å²) in [4.78, 5) is 2.94. The first-order chi connectivity index (χ1) is 12.6. The molecule has 1 aromatic rings. The van der Waals surface area contributed by atoms with Crippen molar-refractivity contribution < 1.29 is 39.4 Å². The Hall–Kier alpha value is -2.85. The minimum absolute atomic E-state index is 0.166. The fraction of sp³-hybridized carbons (Fsp3) is 0.167. The standard InChI is InChI=1S/C12H7F3N4O6S2/c1-27(20,21)24-19-11(7-17)9-4-2-8(3-5-9)10(6-16)18-23-26-25-22-12(13,14)15/h2-5H,1H3. The molecule has 0 aromatic heterocycles. The van der Waals surface area contributed by atoms with Gasteiger partial charge in [-0.2, -0.15) is 18.9 Å². The van der Waals surface area contributed by atoms with Crippen LogP contribution in [-0.2, 0) is 27.9 Å². The third-order valence-corrected chi connectivity index (χ3v) is 2.83. The molecule has 0 spiro atoms. The highest BCUT2D eigenvalue weighted by Crippen LogP contribution is 2.20. The van der Waals surface area contributed by atoms with Gasteiger partial charge < -0.3 is 0 Å². The molecule has 0 aliphatic carbocycles. The molecule has 0 unspecified atom stereocenters. The first-order valence-corrected chi connectivity index (χ1v) is 8.74. The van der Waals surface area contributed by atoms with Gasteiger partial charge in [-0.15, -0.1) is 22.4 Å². The average molecular weight is 424 g/mol. The Labute approximate surface area is 154 Å². The summed E-state index contributed by atoms with van der Waals surface area (Å²) in [6.45, 7) is 0. The van der Waals surface area contributed by atoms with Crippen molar-refractivity contribution in [1.29, 1.82) is 10.5 Å². The average Bonchev–Trinajstić information content (AvgIpc) is 2.57. The summed E-state index contributed by atoms with van der Waals surface area (Å²) in [5.74, 6) is 0. The quantitative estimate of drug-likeness (QED) is 0.202. The van der Waals surface area contributed by atoms with Crippen molar-refractivity contribution >= 4 is 33.9 Å². The van der Waals surface area contributed by atoms with E-state index in [1.165, 1.54) is 24.3 Å². The van der Waals surface area contributed by atoms with E-state index in [2.05, 4.69) is 28.1 Å². The molecular weight excluding hydrogens is 417 g/mol. The molecule has 0 aliphatic heterocycles. The van der Waals surface area contributed by atoms with Crippen LogP contribution in [0.15, 0.2) is 34.6 Å². The van der Waals surface area contributed by atoms with Crippen molar-refractivity contribution in [2.24, 2.45) is 10.3 Å². The van der Waals surface area contributed by atoms with Crippen LogP contribution in [0.4, 0.5) is 13.2 Å². The van der Waals surface area contributed by atoms with E-state index >= 15 is 0 Å². The molecule has 27 heavy (non-hydrogen) atoms. The SMILES string of the molecule is CS(=O)(=O)ON=C(C#N)c1ccc(C(C#N)=NOSOOC(F)(F)F)cc1. The maximum atomic E-state index is 11.6. The van der Waals surface area contributed by atoms with Gasteiger partial charge in [-0.3, -0.25) is 8.57 Å². The largest absolute Gasteiger partial charge is 0.550 e. The Bertz CT molecular complexity index is 901. The van der Waals surface area contributed by atoms with E-state index in [9.17, 15) is 21.6 Å². The lowest BCUT2D eigenvalue weighted by molar-refractivity contribution is -0.441. The van der Waals surface area contributed by atoms with Crippen LogP contribution >= 0.6 is 12.3 Å². The predicted molar refractivity (Wildman–Crippen MR) is 83.6 cm³/mol. The smallest absolute Gasteiger partial charge is 0.288 e. The Morgan fingerprint density at radius 3 is 1.96 bits per heavy atom. The summed E-state index contributed by atoms with van der Waals surface area (Å²) < 4.78 is 68.7. The third-order valence-electron chi connectivity index (χ3n) is 2.22. The number of rotatable bonds is 8. The van der Waals surface area contributed by atoms with Gasteiger partial charge in [0.15, 0.2) is 11.4 Å². The Morgan fingerprint density at radius 2 is 1.56 bits per heavy atom. The van der Waals surface area contributed by atoms with Gasteiger partial charge in [-0.25, -0.2) is 0 Å². The van der Waals surface area contributed by atoms with Crippen LogP contribution in [0, 0.1) is 22.7 Å². The molecule has 0 N–H and O–H groups in total. The molecule has 0 heterocycles. The Balaban J connectivity index is 2.82. The van der Waals surface area contributed by atoms with Gasteiger partial charge in [0, 0.05) is 11.1 Å². The van der Waals surface area contributed by atoms with E-state index in [1.807, 2.05) is 0 Å². The lowest BCUT2D eigenvalue weighted by atomic mass is 10.1. The molecule has 0 atom stereocenters. The van der Waals surface area contributed by atoms with Crippen LogP contribution in [0.1, 0.15) is 11.1 Å². The minimum atomic E-state index is -5.03. The maximum absolute atomic E-state index is 11.6. The highest BCUT2D eigenvalue weighted by atomic mass is 32.2. The third kappa shape index (κ3) is 8.88.